The van der Waals surface area contributed by atoms with Crippen molar-refractivity contribution in [1.29, 1.82) is 0 Å². The number of nitrogens with two attached hydrogens (primary N) is 1. The zero-order chi connectivity index (χ0) is 33.0. The molecule has 5 amide bonds. The lowest BCUT2D eigenvalue weighted by Gasteiger charge is -2.36. The van der Waals surface area contributed by atoms with Gasteiger partial charge in [-0.15, -0.1) is 24.8 Å². The van der Waals surface area contributed by atoms with Gasteiger partial charge in [-0.3, -0.25) is 0 Å². The van der Waals surface area contributed by atoms with Gasteiger partial charge in [0.25, 0.3) is 0 Å². The molecule has 2 aromatic rings. The number of hydrogen-bond donors (Lipinski definition) is 5. The lowest BCUT2D eigenvalue weighted by Crippen LogP contribution is -2.53. The number of hydrogen-bond acceptors (Lipinski definition) is 8. The highest BCUT2D eigenvalue weighted by atomic mass is 35.5. The Balaban J connectivity index is 0.000000257. The van der Waals surface area contributed by atoms with Crippen molar-refractivity contribution in [2.24, 2.45) is 5.73 Å². The van der Waals surface area contributed by atoms with Gasteiger partial charge in [-0.25, -0.2) is 24.4 Å². The summed E-state index contributed by atoms with van der Waals surface area (Å²) >= 11 is 0. The summed E-state index contributed by atoms with van der Waals surface area (Å²) in [5.74, 6) is 2.01. The molecular formula is C33H52Cl2N10O4. The Bertz CT molecular complexity index is 1270. The Labute approximate surface area is 301 Å². The molecule has 14 nitrogen and oxygen atoms in total. The van der Waals surface area contributed by atoms with Crippen LogP contribution in [0.4, 0.5) is 26.0 Å². The minimum absolute atomic E-state index is 0. The molecular weight excluding hydrogens is 671 g/mol. The molecule has 4 fully saturated rings. The number of urea groups is 2. The maximum atomic E-state index is 12.4. The van der Waals surface area contributed by atoms with Crippen molar-refractivity contribution in [2.45, 2.75) is 75.5 Å². The summed E-state index contributed by atoms with van der Waals surface area (Å²) < 4.78 is 0. The predicted octanol–water partition coefficient (Wildman–Crippen LogP) is 3.52. The number of piperidine rings is 4. The number of likely N-dealkylation sites (tertiary alicyclic amines) is 2. The van der Waals surface area contributed by atoms with Crippen molar-refractivity contribution in [1.82, 2.24) is 35.7 Å². The largest absolute Gasteiger partial charge is 0.465 e. The van der Waals surface area contributed by atoms with Gasteiger partial charge in [-0.1, -0.05) is 12.1 Å². The van der Waals surface area contributed by atoms with E-state index in [4.69, 9.17) is 10.8 Å². The highest BCUT2D eigenvalue weighted by Gasteiger charge is 2.28. The Hall–Kier alpha value is -3.75. The molecule has 6 heterocycles. The standard InChI is InChI=1S/C17H25N5O3.C16H25N5O.2ClH/c23-16(22-11-6-14(7-12-22)20-17(24)25)19-13-4-9-21(10-5-13)15-3-1-2-8-18-15;17-13-4-9-21(10-5-13)16(22)19-14-6-11-20(12-7-14)15-3-1-2-8-18-15;;/h1-3,8,13-14,20H,4-7,9-12H2,(H,19,23)(H,24,25);1-3,8,13-14H,4-7,9-12,17H2,(H,19,22);2*1H. The van der Waals surface area contributed by atoms with E-state index in [1.807, 2.05) is 47.5 Å². The Morgan fingerprint density at radius 3 is 1.33 bits per heavy atom. The average Bonchev–Trinajstić information content (AvgIpc) is 3.10. The van der Waals surface area contributed by atoms with Crippen LogP contribution in [-0.2, 0) is 0 Å². The summed E-state index contributed by atoms with van der Waals surface area (Å²) in [7, 11) is 0. The van der Waals surface area contributed by atoms with Crippen LogP contribution in [0.5, 0.6) is 0 Å². The van der Waals surface area contributed by atoms with Gasteiger partial charge in [0.2, 0.25) is 0 Å². The number of amides is 5. The molecule has 0 bridgehead atoms. The molecule has 0 atom stereocenters. The maximum Gasteiger partial charge on any atom is 0.404 e. The lowest BCUT2D eigenvalue weighted by atomic mass is 10.0. The quantitative estimate of drug-likeness (QED) is 0.310. The zero-order valence-electron chi connectivity index (χ0n) is 28.0. The Kier molecular flexibility index (Phi) is 16.2. The molecule has 272 valence electrons. The Morgan fingerprint density at radius 1 is 0.592 bits per heavy atom. The van der Waals surface area contributed by atoms with E-state index in [0.717, 1.165) is 89.4 Å². The molecule has 0 spiro atoms. The second-order valence-corrected chi connectivity index (χ2v) is 12.8. The van der Waals surface area contributed by atoms with Crippen molar-refractivity contribution in [3.8, 4) is 0 Å². The van der Waals surface area contributed by atoms with Crippen LogP contribution in [0, 0.1) is 0 Å². The van der Waals surface area contributed by atoms with Gasteiger partial charge in [0, 0.05) is 88.9 Å². The average molecular weight is 724 g/mol. The number of nitrogens with zero attached hydrogens (tertiary/aromatic N) is 6. The van der Waals surface area contributed by atoms with Crippen LogP contribution in [0.2, 0.25) is 0 Å². The van der Waals surface area contributed by atoms with Crippen LogP contribution in [0.1, 0.15) is 51.4 Å². The molecule has 0 radical (unpaired) electrons. The number of halogens is 2. The first-order valence-corrected chi connectivity index (χ1v) is 17.0. The van der Waals surface area contributed by atoms with Crippen molar-refractivity contribution < 1.29 is 19.5 Å². The predicted molar refractivity (Wildman–Crippen MR) is 195 cm³/mol. The van der Waals surface area contributed by atoms with E-state index in [9.17, 15) is 14.4 Å². The molecule has 0 saturated carbocycles. The zero-order valence-corrected chi connectivity index (χ0v) is 29.6. The van der Waals surface area contributed by atoms with Gasteiger partial charge >= 0.3 is 18.2 Å². The highest BCUT2D eigenvalue weighted by molar-refractivity contribution is 5.85. The lowest BCUT2D eigenvalue weighted by molar-refractivity contribution is 0.162. The smallest absolute Gasteiger partial charge is 0.404 e. The summed E-state index contributed by atoms with van der Waals surface area (Å²) in [6, 6.07) is 12.6. The molecule has 4 aliphatic rings. The molecule has 0 aliphatic carbocycles. The molecule has 2 aromatic heterocycles. The molecule has 0 unspecified atom stereocenters. The number of anilines is 2. The van der Waals surface area contributed by atoms with Crippen molar-refractivity contribution in [3.05, 3.63) is 48.8 Å². The monoisotopic (exact) mass is 722 g/mol. The summed E-state index contributed by atoms with van der Waals surface area (Å²) in [4.78, 5) is 52.3. The number of rotatable bonds is 5. The normalized spacial score (nSPS) is 19.4. The summed E-state index contributed by atoms with van der Waals surface area (Å²) in [6.07, 6.45) is 9.51. The number of pyridine rings is 2. The number of carbonyl (C=O) groups excluding carboxylic acids is 2. The number of nitrogens with one attached hydrogen (secondary N) is 3. The van der Waals surface area contributed by atoms with Crippen molar-refractivity contribution in [2.75, 3.05) is 62.2 Å². The number of aromatic nitrogens is 2. The SMILES string of the molecule is Cl.Cl.NC1CCN(C(=O)NC2CCN(c3ccccn3)CC2)CC1.O=C(O)NC1CCN(C(=O)NC2CCN(c3ccccn3)CC2)CC1. The van der Waals surface area contributed by atoms with Crippen LogP contribution in [0.25, 0.3) is 0 Å². The second-order valence-electron chi connectivity index (χ2n) is 12.8. The molecule has 49 heavy (non-hydrogen) atoms. The fourth-order valence-corrected chi connectivity index (χ4v) is 6.62. The molecule has 4 aliphatic heterocycles. The van der Waals surface area contributed by atoms with E-state index in [1.165, 1.54) is 0 Å². The van der Waals surface area contributed by atoms with E-state index in [1.54, 1.807) is 11.1 Å². The number of carbonyl (C=O) groups is 3. The first-order valence-electron chi connectivity index (χ1n) is 17.0. The summed E-state index contributed by atoms with van der Waals surface area (Å²) in [5, 5.41) is 17.5. The van der Waals surface area contributed by atoms with Gasteiger partial charge in [0.05, 0.1) is 0 Å². The third-order valence-corrected chi connectivity index (χ3v) is 9.53. The third kappa shape index (κ3) is 12.3. The van der Waals surface area contributed by atoms with Crippen LogP contribution in [0.3, 0.4) is 0 Å². The molecule has 0 aromatic carbocycles. The van der Waals surface area contributed by atoms with Crippen LogP contribution >= 0.6 is 24.8 Å². The van der Waals surface area contributed by atoms with E-state index in [-0.39, 0.29) is 61.0 Å². The molecule has 6 rings (SSSR count). The first kappa shape index (κ1) is 39.7. The minimum atomic E-state index is -0.998. The maximum absolute atomic E-state index is 12.4. The van der Waals surface area contributed by atoms with Gasteiger partial charge in [-0.05, 0) is 75.6 Å². The van der Waals surface area contributed by atoms with Gasteiger partial charge in [-0.2, -0.15) is 0 Å². The van der Waals surface area contributed by atoms with Gasteiger partial charge in [0.1, 0.15) is 11.6 Å². The van der Waals surface area contributed by atoms with E-state index >= 15 is 0 Å². The second kappa shape index (κ2) is 20.1. The number of carboxylic acid groups (broad SMARTS) is 1. The van der Waals surface area contributed by atoms with Crippen LogP contribution in [-0.4, -0.2) is 120 Å². The fourth-order valence-electron chi connectivity index (χ4n) is 6.62. The molecule has 16 heteroatoms. The van der Waals surface area contributed by atoms with Crippen LogP contribution < -0.4 is 31.5 Å². The van der Waals surface area contributed by atoms with Crippen LogP contribution in [0.15, 0.2) is 48.8 Å². The van der Waals surface area contributed by atoms with E-state index in [0.29, 0.717) is 25.9 Å². The minimum Gasteiger partial charge on any atom is -0.465 e. The van der Waals surface area contributed by atoms with Gasteiger partial charge in [0.15, 0.2) is 0 Å². The first-order chi connectivity index (χ1) is 22.8. The highest BCUT2D eigenvalue weighted by Crippen LogP contribution is 2.19. The topological polar surface area (TPSA) is 172 Å². The van der Waals surface area contributed by atoms with E-state index < -0.39 is 6.09 Å². The Morgan fingerprint density at radius 2 is 0.959 bits per heavy atom. The van der Waals surface area contributed by atoms with Gasteiger partial charge < -0.3 is 46.4 Å². The third-order valence-electron chi connectivity index (χ3n) is 9.53. The molecule has 6 N–H and O–H groups in total. The fraction of sp³-hybridized carbons (Fsp3) is 0.606. The van der Waals surface area contributed by atoms with Crippen molar-refractivity contribution in [3.63, 3.8) is 0 Å². The summed E-state index contributed by atoms with van der Waals surface area (Å²) in [6.45, 7) is 6.37. The summed E-state index contributed by atoms with van der Waals surface area (Å²) in [5.41, 5.74) is 5.88. The van der Waals surface area contributed by atoms with E-state index in [2.05, 4.69) is 35.7 Å². The molecule has 4 saturated heterocycles. The van der Waals surface area contributed by atoms with Crippen molar-refractivity contribution >= 4 is 54.6 Å².